The fourth-order valence-electron chi connectivity index (χ4n) is 4.30. The quantitative estimate of drug-likeness (QED) is 0.465. The molecule has 0 radical (unpaired) electrons. The van der Waals surface area contributed by atoms with E-state index in [1.807, 2.05) is 44.3 Å². The van der Waals surface area contributed by atoms with Crippen LogP contribution in [0, 0.1) is 12.8 Å². The first kappa shape index (κ1) is 23.0. The van der Waals surface area contributed by atoms with Gasteiger partial charge in [0.25, 0.3) is 5.91 Å². The molecule has 0 saturated carbocycles. The number of halogens is 3. The summed E-state index contributed by atoms with van der Waals surface area (Å²) in [6.45, 7) is 3.94. The van der Waals surface area contributed by atoms with Crippen LogP contribution in [-0.2, 0) is 25.9 Å². The fourth-order valence-corrected chi connectivity index (χ4v) is 4.30. The van der Waals surface area contributed by atoms with Crippen LogP contribution in [0.2, 0.25) is 0 Å². The molecule has 0 spiro atoms. The van der Waals surface area contributed by atoms with Crippen LogP contribution in [0.3, 0.4) is 0 Å². The second-order valence-corrected chi connectivity index (χ2v) is 8.75. The van der Waals surface area contributed by atoms with E-state index in [1.54, 1.807) is 10.6 Å². The smallest absolute Gasteiger partial charge is 0.347 e. The van der Waals surface area contributed by atoms with Gasteiger partial charge >= 0.3 is 6.18 Å². The van der Waals surface area contributed by atoms with Crippen molar-refractivity contribution in [2.24, 2.45) is 5.92 Å². The summed E-state index contributed by atoms with van der Waals surface area (Å²) in [4.78, 5) is 26.2. The number of nitrogens with zero attached hydrogens (tertiary/aromatic N) is 6. The molecule has 1 aliphatic heterocycles. The third kappa shape index (κ3) is 4.50. The lowest BCUT2D eigenvalue weighted by molar-refractivity contribution is -0.182. The summed E-state index contributed by atoms with van der Waals surface area (Å²) in [5, 5.41) is 7.23. The van der Waals surface area contributed by atoms with Crippen LogP contribution in [0.4, 0.5) is 13.2 Å². The lowest BCUT2D eigenvalue weighted by Gasteiger charge is -2.24. The Kier molecular flexibility index (Phi) is 5.78. The minimum absolute atomic E-state index is 0.0299. The lowest BCUT2D eigenvalue weighted by atomic mass is 9.99. The number of carbonyl (C=O) groups excluding carboxylic acids is 1. The topological polar surface area (TPSA) is 90.0 Å². The molecule has 182 valence electrons. The number of hydrogen-bond acceptors (Lipinski definition) is 5. The van der Waals surface area contributed by atoms with Crippen molar-refractivity contribution in [2.45, 2.75) is 52.4 Å². The van der Waals surface area contributed by atoms with Crippen LogP contribution in [0.15, 0.2) is 36.7 Å². The van der Waals surface area contributed by atoms with E-state index in [1.165, 1.54) is 4.68 Å². The molecule has 0 aliphatic carbocycles. The second-order valence-electron chi connectivity index (χ2n) is 8.75. The number of alkyl halides is 3. The molecule has 1 aliphatic rings. The molecule has 0 bridgehead atoms. The van der Waals surface area contributed by atoms with E-state index >= 15 is 0 Å². The van der Waals surface area contributed by atoms with Crippen molar-refractivity contribution < 1.29 is 18.0 Å². The number of aryl methyl sites for hydroxylation is 3. The van der Waals surface area contributed by atoms with E-state index in [0.29, 0.717) is 47.3 Å². The highest BCUT2D eigenvalue weighted by Crippen LogP contribution is 2.34. The van der Waals surface area contributed by atoms with Crippen molar-refractivity contribution in [1.29, 1.82) is 0 Å². The lowest BCUT2D eigenvalue weighted by Crippen LogP contribution is -2.32. The molecule has 1 amide bonds. The van der Waals surface area contributed by atoms with Crippen molar-refractivity contribution in [2.75, 3.05) is 0 Å². The minimum Gasteiger partial charge on any atom is -0.347 e. The average molecular weight is 483 g/mol. The fraction of sp³-hybridized carbons (Fsp3) is 0.375. The number of amides is 1. The molecule has 0 fully saturated rings. The van der Waals surface area contributed by atoms with Crippen molar-refractivity contribution >= 4 is 11.7 Å². The Morgan fingerprint density at radius 2 is 1.97 bits per heavy atom. The molecule has 11 heteroatoms. The third-order valence-electron chi connectivity index (χ3n) is 6.22. The van der Waals surface area contributed by atoms with Crippen LogP contribution < -0.4 is 5.32 Å². The normalized spacial score (nSPS) is 15.9. The van der Waals surface area contributed by atoms with Gasteiger partial charge in [-0.15, -0.1) is 0 Å². The van der Waals surface area contributed by atoms with Gasteiger partial charge in [-0.3, -0.25) is 9.20 Å². The molecule has 0 saturated heterocycles. The van der Waals surface area contributed by atoms with Crippen molar-refractivity contribution in [3.8, 4) is 11.4 Å². The first-order valence-electron chi connectivity index (χ1n) is 11.4. The zero-order valence-corrected chi connectivity index (χ0v) is 19.3. The number of rotatable bonds is 5. The Bertz CT molecular complexity index is 1390. The second kappa shape index (κ2) is 8.79. The van der Waals surface area contributed by atoms with Gasteiger partial charge in [0.05, 0.1) is 18.2 Å². The van der Waals surface area contributed by atoms with Crippen LogP contribution in [-0.4, -0.2) is 41.2 Å². The Hall–Kier alpha value is -3.76. The molecule has 1 N–H and O–H groups in total. The standard InChI is InChI=1S/C24H24F3N7O/c1-3-18-20(33-12-14(2)10-29-23(33)30-18)22(35)28-11-15-4-6-16(7-5-15)21-31-19-9-8-17(24(25,26)27)13-34(19)32-21/h4-7,10,12,17H,3,8-9,11,13H2,1-2H3,(H,28,35). The molecule has 1 unspecified atom stereocenters. The highest BCUT2D eigenvalue weighted by atomic mass is 19.4. The predicted octanol–water partition coefficient (Wildman–Crippen LogP) is 3.91. The highest BCUT2D eigenvalue weighted by molar-refractivity contribution is 5.94. The first-order chi connectivity index (χ1) is 16.7. The van der Waals surface area contributed by atoms with Gasteiger partial charge in [-0.2, -0.15) is 18.3 Å². The van der Waals surface area contributed by atoms with Crippen LogP contribution in [0.5, 0.6) is 0 Å². The summed E-state index contributed by atoms with van der Waals surface area (Å²) in [5.74, 6) is -0.176. The third-order valence-corrected chi connectivity index (χ3v) is 6.22. The molecule has 4 aromatic rings. The van der Waals surface area contributed by atoms with E-state index in [4.69, 9.17) is 0 Å². The predicted molar refractivity (Wildman–Crippen MR) is 122 cm³/mol. The molecule has 4 heterocycles. The zero-order valence-electron chi connectivity index (χ0n) is 19.3. The van der Waals surface area contributed by atoms with Crippen LogP contribution in [0.1, 0.15) is 46.5 Å². The Morgan fingerprint density at radius 1 is 1.20 bits per heavy atom. The van der Waals surface area contributed by atoms with E-state index in [9.17, 15) is 18.0 Å². The number of hydrogen-bond donors (Lipinski definition) is 1. The number of fused-ring (bicyclic) bond motifs is 2. The first-order valence-corrected chi connectivity index (χ1v) is 11.4. The Morgan fingerprint density at radius 3 is 2.69 bits per heavy atom. The molecular weight excluding hydrogens is 459 g/mol. The van der Waals surface area contributed by atoms with Crippen LogP contribution in [0.25, 0.3) is 17.2 Å². The van der Waals surface area contributed by atoms with Crippen molar-refractivity contribution in [3.63, 3.8) is 0 Å². The van der Waals surface area contributed by atoms with Gasteiger partial charge in [0, 0.05) is 30.9 Å². The SMILES string of the molecule is CCc1nc2ncc(C)cn2c1C(=O)NCc1ccc(-c2nc3n(n2)CC(C(F)(F)F)CC3)cc1. The molecule has 3 aromatic heterocycles. The number of imidazole rings is 1. The van der Waals surface area contributed by atoms with Gasteiger partial charge in [-0.05, 0) is 30.9 Å². The van der Waals surface area contributed by atoms with E-state index in [2.05, 4.69) is 25.4 Å². The Labute approximate surface area is 199 Å². The van der Waals surface area contributed by atoms with Gasteiger partial charge < -0.3 is 5.32 Å². The average Bonchev–Trinajstić information content (AvgIpc) is 3.42. The summed E-state index contributed by atoms with van der Waals surface area (Å²) in [7, 11) is 0. The van der Waals surface area contributed by atoms with E-state index < -0.39 is 12.1 Å². The summed E-state index contributed by atoms with van der Waals surface area (Å²) >= 11 is 0. The molecule has 8 nitrogen and oxygen atoms in total. The number of aromatic nitrogens is 6. The van der Waals surface area contributed by atoms with Gasteiger partial charge in [0.2, 0.25) is 5.78 Å². The zero-order chi connectivity index (χ0) is 24.7. The van der Waals surface area contributed by atoms with Crippen LogP contribution >= 0.6 is 0 Å². The Balaban J connectivity index is 1.28. The maximum Gasteiger partial charge on any atom is 0.393 e. The maximum absolute atomic E-state index is 13.1. The molecule has 5 rings (SSSR count). The largest absolute Gasteiger partial charge is 0.393 e. The van der Waals surface area contributed by atoms with Gasteiger partial charge in [-0.25, -0.2) is 19.6 Å². The monoisotopic (exact) mass is 483 g/mol. The molecule has 1 aromatic carbocycles. The maximum atomic E-state index is 13.1. The summed E-state index contributed by atoms with van der Waals surface area (Å²) in [6, 6.07) is 7.30. The summed E-state index contributed by atoms with van der Waals surface area (Å²) < 4.78 is 42.3. The summed E-state index contributed by atoms with van der Waals surface area (Å²) in [5.41, 5.74) is 3.65. The van der Waals surface area contributed by atoms with Gasteiger partial charge in [-0.1, -0.05) is 31.2 Å². The highest BCUT2D eigenvalue weighted by Gasteiger charge is 2.42. The van der Waals surface area contributed by atoms with Gasteiger partial charge in [0.1, 0.15) is 11.5 Å². The molecule has 1 atom stereocenters. The van der Waals surface area contributed by atoms with Crippen molar-refractivity contribution in [1.82, 2.24) is 34.4 Å². The minimum atomic E-state index is -4.23. The number of nitrogens with one attached hydrogen (secondary N) is 1. The van der Waals surface area contributed by atoms with Crippen molar-refractivity contribution in [3.05, 3.63) is 65.0 Å². The number of benzene rings is 1. The molecular formula is C24H24F3N7O. The van der Waals surface area contributed by atoms with E-state index in [0.717, 1.165) is 11.1 Å². The molecule has 35 heavy (non-hydrogen) atoms. The van der Waals surface area contributed by atoms with E-state index in [-0.39, 0.29) is 25.3 Å². The summed E-state index contributed by atoms with van der Waals surface area (Å²) in [6.07, 6.45) is 0.205. The van der Waals surface area contributed by atoms with Gasteiger partial charge in [0.15, 0.2) is 5.82 Å². The number of carbonyl (C=O) groups is 1.